The van der Waals surface area contributed by atoms with Crippen molar-refractivity contribution in [1.29, 1.82) is 0 Å². The molecule has 1 fully saturated rings. The van der Waals surface area contributed by atoms with E-state index >= 15 is 0 Å². The Bertz CT molecular complexity index is 591. The fourth-order valence-electron chi connectivity index (χ4n) is 2.96. The molecular weight excluding hydrogens is 334 g/mol. The fraction of sp³-hybridized carbons (Fsp3) is 0.778. The first kappa shape index (κ1) is 20.2. The second kappa shape index (κ2) is 10.1. The number of guanidine groups is 1. The van der Waals surface area contributed by atoms with Crippen molar-refractivity contribution in [2.45, 2.75) is 52.4 Å². The van der Waals surface area contributed by atoms with E-state index in [1.807, 2.05) is 20.8 Å². The SMILES string of the molecule is CCOC(=O)C1CCN(C(=NC)NCCCc2nc(C(C)C)no2)CC1. The van der Waals surface area contributed by atoms with Gasteiger partial charge < -0.3 is 19.5 Å². The van der Waals surface area contributed by atoms with Gasteiger partial charge in [0.1, 0.15) is 0 Å². The summed E-state index contributed by atoms with van der Waals surface area (Å²) in [5.74, 6) is 2.53. The minimum Gasteiger partial charge on any atom is -0.466 e. The van der Waals surface area contributed by atoms with Crippen molar-refractivity contribution in [3.05, 3.63) is 11.7 Å². The van der Waals surface area contributed by atoms with Crippen LogP contribution in [-0.4, -0.2) is 60.3 Å². The molecule has 0 aliphatic carbocycles. The molecule has 1 aromatic heterocycles. The maximum atomic E-state index is 11.8. The Kier molecular flexibility index (Phi) is 7.87. The van der Waals surface area contributed by atoms with E-state index in [4.69, 9.17) is 9.26 Å². The molecular formula is C18H31N5O3. The van der Waals surface area contributed by atoms with Crippen molar-refractivity contribution < 1.29 is 14.1 Å². The third kappa shape index (κ3) is 5.71. The minimum absolute atomic E-state index is 0.0111. The van der Waals surface area contributed by atoms with E-state index in [9.17, 15) is 4.79 Å². The van der Waals surface area contributed by atoms with Gasteiger partial charge in [0.25, 0.3) is 0 Å². The predicted molar refractivity (Wildman–Crippen MR) is 99.0 cm³/mol. The van der Waals surface area contributed by atoms with E-state index < -0.39 is 0 Å². The molecule has 0 unspecified atom stereocenters. The molecule has 0 amide bonds. The van der Waals surface area contributed by atoms with Crippen molar-refractivity contribution in [3.8, 4) is 0 Å². The highest BCUT2D eigenvalue weighted by Gasteiger charge is 2.27. The lowest BCUT2D eigenvalue weighted by molar-refractivity contribution is -0.149. The average Bonchev–Trinajstić information content (AvgIpc) is 3.11. The molecule has 1 saturated heterocycles. The Morgan fingerprint density at radius 1 is 1.42 bits per heavy atom. The molecule has 8 heteroatoms. The van der Waals surface area contributed by atoms with Gasteiger partial charge in [0.15, 0.2) is 11.8 Å². The number of piperidine rings is 1. The van der Waals surface area contributed by atoms with Gasteiger partial charge in [-0.3, -0.25) is 9.79 Å². The molecule has 8 nitrogen and oxygen atoms in total. The number of esters is 1. The maximum Gasteiger partial charge on any atom is 0.309 e. The van der Waals surface area contributed by atoms with Crippen LogP contribution in [0.15, 0.2) is 9.52 Å². The summed E-state index contributed by atoms with van der Waals surface area (Å²) in [6.07, 6.45) is 3.24. The monoisotopic (exact) mass is 365 g/mol. The van der Waals surface area contributed by atoms with Crippen molar-refractivity contribution in [2.75, 3.05) is 33.3 Å². The van der Waals surface area contributed by atoms with Gasteiger partial charge in [-0.2, -0.15) is 4.98 Å². The third-order valence-corrected chi connectivity index (χ3v) is 4.48. The van der Waals surface area contributed by atoms with Crippen LogP contribution >= 0.6 is 0 Å². The van der Waals surface area contributed by atoms with Crippen LogP contribution < -0.4 is 5.32 Å². The van der Waals surface area contributed by atoms with Crippen LogP contribution in [0.4, 0.5) is 0 Å². The highest BCUT2D eigenvalue weighted by molar-refractivity contribution is 5.80. The van der Waals surface area contributed by atoms with Gasteiger partial charge in [-0.25, -0.2) is 0 Å². The molecule has 0 atom stereocenters. The van der Waals surface area contributed by atoms with E-state index in [-0.39, 0.29) is 17.8 Å². The highest BCUT2D eigenvalue weighted by Crippen LogP contribution is 2.18. The molecule has 146 valence electrons. The molecule has 0 bridgehead atoms. The Morgan fingerprint density at radius 3 is 2.73 bits per heavy atom. The maximum absolute atomic E-state index is 11.8. The van der Waals surface area contributed by atoms with Crippen molar-refractivity contribution in [2.24, 2.45) is 10.9 Å². The zero-order chi connectivity index (χ0) is 18.9. The molecule has 0 aromatic carbocycles. The molecule has 26 heavy (non-hydrogen) atoms. The zero-order valence-corrected chi connectivity index (χ0v) is 16.3. The first-order valence-electron chi connectivity index (χ1n) is 9.49. The lowest BCUT2D eigenvalue weighted by atomic mass is 9.97. The Hall–Kier alpha value is -2.12. The number of hydrogen-bond acceptors (Lipinski definition) is 6. The second-order valence-electron chi connectivity index (χ2n) is 6.79. The summed E-state index contributed by atoms with van der Waals surface area (Å²) in [6, 6.07) is 0. The van der Waals surface area contributed by atoms with Gasteiger partial charge in [0.2, 0.25) is 5.89 Å². The summed E-state index contributed by atoms with van der Waals surface area (Å²) in [7, 11) is 1.78. The molecule has 0 saturated carbocycles. The third-order valence-electron chi connectivity index (χ3n) is 4.48. The minimum atomic E-state index is -0.0737. The lowest BCUT2D eigenvalue weighted by Crippen LogP contribution is -2.47. The summed E-state index contributed by atoms with van der Waals surface area (Å²) < 4.78 is 10.4. The summed E-state index contributed by atoms with van der Waals surface area (Å²) >= 11 is 0. The number of nitrogens with zero attached hydrogens (tertiary/aromatic N) is 4. The van der Waals surface area contributed by atoms with Crippen LogP contribution in [0.5, 0.6) is 0 Å². The van der Waals surface area contributed by atoms with E-state index in [1.54, 1.807) is 7.05 Å². The lowest BCUT2D eigenvalue weighted by Gasteiger charge is -2.33. The molecule has 1 aliphatic heterocycles. The van der Waals surface area contributed by atoms with Gasteiger partial charge in [-0.05, 0) is 26.2 Å². The molecule has 2 rings (SSSR count). The number of ether oxygens (including phenoxy) is 1. The summed E-state index contributed by atoms with van der Waals surface area (Å²) in [4.78, 5) is 22.8. The Morgan fingerprint density at radius 2 is 2.15 bits per heavy atom. The van der Waals surface area contributed by atoms with Gasteiger partial charge in [0, 0.05) is 39.0 Å². The largest absolute Gasteiger partial charge is 0.466 e. The van der Waals surface area contributed by atoms with Crippen LogP contribution in [0.2, 0.25) is 0 Å². The van der Waals surface area contributed by atoms with Crippen molar-refractivity contribution >= 4 is 11.9 Å². The van der Waals surface area contributed by atoms with Crippen molar-refractivity contribution in [1.82, 2.24) is 20.4 Å². The summed E-state index contributed by atoms with van der Waals surface area (Å²) in [5, 5.41) is 7.36. The van der Waals surface area contributed by atoms with E-state index in [2.05, 4.69) is 25.3 Å². The molecule has 0 spiro atoms. The van der Waals surface area contributed by atoms with Crippen LogP contribution in [0.25, 0.3) is 0 Å². The predicted octanol–water partition coefficient (Wildman–Crippen LogP) is 1.98. The number of hydrogen-bond donors (Lipinski definition) is 1. The van der Waals surface area contributed by atoms with E-state index in [0.29, 0.717) is 12.5 Å². The zero-order valence-electron chi connectivity index (χ0n) is 16.3. The van der Waals surface area contributed by atoms with Crippen LogP contribution in [0.3, 0.4) is 0 Å². The van der Waals surface area contributed by atoms with Gasteiger partial charge in [0.05, 0.1) is 12.5 Å². The number of aliphatic imine (C=N–C) groups is 1. The van der Waals surface area contributed by atoms with Gasteiger partial charge in [-0.15, -0.1) is 0 Å². The summed E-state index contributed by atoms with van der Waals surface area (Å²) in [5.41, 5.74) is 0. The Labute approximate surface area is 155 Å². The fourth-order valence-corrected chi connectivity index (χ4v) is 2.96. The Balaban J connectivity index is 1.70. The normalized spacial score (nSPS) is 16.2. The van der Waals surface area contributed by atoms with E-state index in [0.717, 1.165) is 57.1 Å². The quantitative estimate of drug-likeness (QED) is 0.342. The van der Waals surface area contributed by atoms with Crippen LogP contribution in [-0.2, 0) is 16.0 Å². The molecule has 1 aromatic rings. The van der Waals surface area contributed by atoms with Crippen LogP contribution in [0, 0.1) is 5.92 Å². The molecule has 2 heterocycles. The van der Waals surface area contributed by atoms with E-state index in [1.165, 1.54) is 0 Å². The molecule has 0 radical (unpaired) electrons. The number of carbonyl (C=O) groups excluding carboxylic acids is 1. The topological polar surface area (TPSA) is 92.8 Å². The first-order valence-corrected chi connectivity index (χ1v) is 9.49. The molecule has 1 N–H and O–H groups in total. The van der Waals surface area contributed by atoms with Crippen LogP contribution in [0.1, 0.15) is 57.7 Å². The number of carbonyl (C=O) groups is 1. The van der Waals surface area contributed by atoms with Gasteiger partial charge >= 0.3 is 5.97 Å². The van der Waals surface area contributed by atoms with Gasteiger partial charge in [-0.1, -0.05) is 19.0 Å². The number of rotatable bonds is 7. The second-order valence-corrected chi connectivity index (χ2v) is 6.79. The first-order chi connectivity index (χ1) is 12.5. The standard InChI is InChI=1S/C18H31N5O3/c1-5-25-17(24)14-8-11-23(12-9-14)18(19-4)20-10-6-7-15-21-16(13(2)3)22-26-15/h13-14H,5-12H2,1-4H3,(H,19,20). The number of aryl methyl sites for hydroxylation is 1. The average molecular weight is 365 g/mol. The number of likely N-dealkylation sites (tertiary alicyclic amines) is 1. The highest BCUT2D eigenvalue weighted by atomic mass is 16.5. The molecule has 1 aliphatic rings. The van der Waals surface area contributed by atoms with Crippen molar-refractivity contribution in [3.63, 3.8) is 0 Å². The number of aromatic nitrogens is 2. The number of nitrogens with one attached hydrogen (secondary N) is 1. The smallest absolute Gasteiger partial charge is 0.309 e. The summed E-state index contributed by atoms with van der Waals surface area (Å²) in [6.45, 7) is 8.79.